The van der Waals surface area contributed by atoms with Gasteiger partial charge in [-0.05, 0) is 23.3 Å². The summed E-state index contributed by atoms with van der Waals surface area (Å²) in [6, 6.07) is 14.0. The number of hydrogen-bond donors (Lipinski definition) is 2. The third kappa shape index (κ3) is 3.49. The first-order chi connectivity index (χ1) is 11.2. The molecule has 0 radical (unpaired) electrons. The second kappa shape index (κ2) is 7.02. The van der Waals surface area contributed by atoms with Gasteiger partial charge in [0, 0.05) is 12.0 Å². The maximum absolute atomic E-state index is 10.4. The maximum Gasteiger partial charge on any atom is 0.161 e. The van der Waals surface area contributed by atoms with Gasteiger partial charge in [0.15, 0.2) is 11.5 Å². The van der Waals surface area contributed by atoms with Crippen LogP contribution in [0, 0.1) is 0 Å². The summed E-state index contributed by atoms with van der Waals surface area (Å²) in [5.41, 5.74) is 3.59. The van der Waals surface area contributed by atoms with E-state index in [1.807, 2.05) is 30.3 Å². The van der Waals surface area contributed by atoms with Crippen molar-refractivity contribution in [1.29, 1.82) is 0 Å². The van der Waals surface area contributed by atoms with Gasteiger partial charge in [0.1, 0.15) is 19.2 Å². The van der Waals surface area contributed by atoms with Crippen molar-refractivity contribution in [3.63, 3.8) is 0 Å². The number of aliphatic hydroxyl groups excluding tert-OH is 1. The Morgan fingerprint density at radius 1 is 1.04 bits per heavy atom. The summed E-state index contributed by atoms with van der Waals surface area (Å²) in [7, 11) is 3.33. The molecule has 1 unspecified atom stereocenters. The average molecular weight is 314 g/mol. The Bertz CT molecular complexity index is 657. The van der Waals surface area contributed by atoms with Crippen LogP contribution in [0.15, 0.2) is 42.5 Å². The van der Waals surface area contributed by atoms with E-state index in [-0.39, 0.29) is 0 Å². The van der Waals surface area contributed by atoms with Crippen molar-refractivity contribution < 1.29 is 19.5 Å². The topological polar surface area (TPSA) is 43.1 Å². The molecule has 0 spiro atoms. The van der Waals surface area contributed by atoms with Crippen molar-refractivity contribution in [2.24, 2.45) is 0 Å². The van der Waals surface area contributed by atoms with Gasteiger partial charge in [-0.25, -0.2) is 0 Å². The van der Waals surface area contributed by atoms with Crippen LogP contribution in [0.3, 0.4) is 0 Å². The van der Waals surface area contributed by atoms with Gasteiger partial charge in [-0.3, -0.25) is 0 Å². The molecule has 2 atom stereocenters. The van der Waals surface area contributed by atoms with Crippen LogP contribution >= 0.6 is 0 Å². The standard InChI is InChI=1S/C19H23NO3/c1-22-18-10-15-8-9-20(12-16(15)11-19(18)23-2)13-17(21)14-6-4-3-5-7-14/h3-7,10-11,17,21H,8-9,12-13H2,1-2H3/p+1/t17-/m0/s1. The lowest BCUT2D eigenvalue weighted by molar-refractivity contribution is -0.919. The summed E-state index contributed by atoms with van der Waals surface area (Å²) in [5, 5.41) is 10.4. The Morgan fingerprint density at radius 3 is 2.35 bits per heavy atom. The van der Waals surface area contributed by atoms with Gasteiger partial charge in [-0.1, -0.05) is 30.3 Å². The molecule has 2 aromatic carbocycles. The number of ether oxygens (including phenoxy) is 2. The van der Waals surface area contributed by atoms with Gasteiger partial charge in [0.25, 0.3) is 0 Å². The van der Waals surface area contributed by atoms with Gasteiger partial charge >= 0.3 is 0 Å². The van der Waals surface area contributed by atoms with E-state index in [1.165, 1.54) is 16.0 Å². The first kappa shape index (κ1) is 15.8. The lowest BCUT2D eigenvalue weighted by Gasteiger charge is -2.28. The number of benzene rings is 2. The zero-order valence-corrected chi connectivity index (χ0v) is 13.7. The molecule has 0 fully saturated rings. The molecule has 2 aromatic rings. The average Bonchev–Trinajstić information content (AvgIpc) is 2.61. The van der Waals surface area contributed by atoms with Crippen molar-refractivity contribution in [1.82, 2.24) is 0 Å². The second-order valence-corrected chi connectivity index (χ2v) is 6.03. The molecule has 4 heteroatoms. The Labute approximate surface area is 137 Å². The molecule has 1 aliphatic rings. The summed E-state index contributed by atoms with van der Waals surface area (Å²) in [5.74, 6) is 1.56. The van der Waals surface area contributed by atoms with Crippen LogP contribution in [0.1, 0.15) is 22.8 Å². The molecule has 0 amide bonds. The number of rotatable bonds is 5. The van der Waals surface area contributed by atoms with Crippen LogP contribution in [-0.2, 0) is 13.0 Å². The summed E-state index contributed by atoms with van der Waals surface area (Å²) in [6.07, 6.45) is 0.569. The Morgan fingerprint density at radius 2 is 1.70 bits per heavy atom. The predicted octanol–water partition coefficient (Wildman–Crippen LogP) is 1.38. The molecular formula is C19H24NO3+. The van der Waals surface area contributed by atoms with Gasteiger partial charge in [-0.15, -0.1) is 0 Å². The molecule has 1 aliphatic heterocycles. The van der Waals surface area contributed by atoms with Crippen LogP contribution in [0.2, 0.25) is 0 Å². The molecule has 0 aromatic heterocycles. The molecule has 1 heterocycles. The van der Waals surface area contributed by atoms with E-state index in [1.54, 1.807) is 14.2 Å². The van der Waals surface area contributed by atoms with Gasteiger partial charge in [0.05, 0.1) is 20.8 Å². The predicted molar refractivity (Wildman–Crippen MR) is 89.1 cm³/mol. The number of quaternary nitrogens is 1. The van der Waals surface area contributed by atoms with Crippen molar-refractivity contribution in [3.8, 4) is 11.5 Å². The highest BCUT2D eigenvalue weighted by Gasteiger charge is 2.24. The lowest BCUT2D eigenvalue weighted by Crippen LogP contribution is -3.12. The number of hydrogen-bond acceptors (Lipinski definition) is 3. The van der Waals surface area contributed by atoms with Crippen LogP contribution in [-0.4, -0.2) is 32.4 Å². The molecule has 3 rings (SSSR count). The summed E-state index contributed by atoms with van der Waals surface area (Å²) in [6.45, 7) is 2.64. The first-order valence-electron chi connectivity index (χ1n) is 8.01. The van der Waals surface area contributed by atoms with E-state index in [0.717, 1.165) is 43.1 Å². The monoisotopic (exact) mass is 314 g/mol. The first-order valence-corrected chi connectivity index (χ1v) is 8.01. The Balaban J connectivity index is 1.72. The molecule has 122 valence electrons. The lowest BCUT2D eigenvalue weighted by atomic mass is 9.98. The van der Waals surface area contributed by atoms with Crippen molar-refractivity contribution in [2.75, 3.05) is 27.3 Å². The van der Waals surface area contributed by atoms with Crippen molar-refractivity contribution in [2.45, 2.75) is 19.1 Å². The third-order valence-electron chi connectivity index (χ3n) is 4.56. The SMILES string of the molecule is COc1cc2c(cc1OC)C[NH+](C[C@H](O)c1ccccc1)CC2. The molecule has 23 heavy (non-hydrogen) atoms. The van der Waals surface area contributed by atoms with Gasteiger partial charge < -0.3 is 19.5 Å². The van der Waals surface area contributed by atoms with Gasteiger partial charge in [0.2, 0.25) is 0 Å². The normalized spacial score (nSPS) is 18.1. The van der Waals surface area contributed by atoms with Gasteiger partial charge in [-0.2, -0.15) is 0 Å². The van der Waals surface area contributed by atoms with Crippen molar-refractivity contribution in [3.05, 3.63) is 59.2 Å². The fourth-order valence-corrected chi connectivity index (χ4v) is 3.27. The minimum Gasteiger partial charge on any atom is -0.493 e. The largest absolute Gasteiger partial charge is 0.493 e. The van der Waals surface area contributed by atoms with Crippen LogP contribution < -0.4 is 14.4 Å². The zero-order chi connectivity index (χ0) is 16.2. The zero-order valence-electron chi connectivity index (χ0n) is 13.7. The quantitative estimate of drug-likeness (QED) is 0.876. The molecule has 0 aliphatic carbocycles. The molecule has 0 bridgehead atoms. The Kier molecular flexibility index (Phi) is 4.84. The molecule has 2 N–H and O–H groups in total. The molecule has 0 saturated carbocycles. The van der Waals surface area contributed by atoms with Crippen LogP contribution in [0.4, 0.5) is 0 Å². The minimum absolute atomic E-state index is 0.423. The van der Waals surface area contributed by atoms with E-state index >= 15 is 0 Å². The number of aliphatic hydroxyl groups is 1. The number of fused-ring (bicyclic) bond motifs is 1. The molecule has 4 nitrogen and oxygen atoms in total. The second-order valence-electron chi connectivity index (χ2n) is 6.03. The maximum atomic E-state index is 10.4. The molecular weight excluding hydrogens is 290 g/mol. The number of methoxy groups -OCH3 is 2. The summed E-state index contributed by atoms with van der Waals surface area (Å²) in [4.78, 5) is 1.39. The van der Waals surface area contributed by atoms with Crippen LogP contribution in [0.25, 0.3) is 0 Å². The van der Waals surface area contributed by atoms with E-state index in [4.69, 9.17) is 9.47 Å². The van der Waals surface area contributed by atoms with E-state index < -0.39 is 6.10 Å². The summed E-state index contributed by atoms with van der Waals surface area (Å²) >= 11 is 0. The third-order valence-corrected chi connectivity index (χ3v) is 4.56. The van der Waals surface area contributed by atoms with Crippen LogP contribution in [0.5, 0.6) is 11.5 Å². The van der Waals surface area contributed by atoms with E-state index in [2.05, 4.69) is 12.1 Å². The highest BCUT2D eigenvalue weighted by Crippen LogP contribution is 2.31. The van der Waals surface area contributed by atoms with E-state index in [0.29, 0.717) is 0 Å². The smallest absolute Gasteiger partial charge is 0.161 e. The highest BCUT2D eigenvalue weighted by atomic mass is 16.5. The fourth-order valence-electron chi connectivity index (χ4n) is 3.27. The molecule has 0 saturated heterocycles. The Hall–Kier alpha value is -2.04. The highest BCUT2D eigenvalue weighted by molar-refractivity contribution is 5.47. The fraction of sp³-hybridized carbons (Fsp3) is 0.368. The number of nitrogens with one attached hydrogen (secondary N) is 1. The van der Waals surface area contributed by atoms with Crippen molar-refractivity contribution >= 4 is 0 Å². The minimum atomic E-state index is -0.423. The van der Waals surface area contributed by atoms with E-state index in [9.17, 15) is 5.11 Å². The summed E-state index contributed by atoms with van der Waals surface area (Å²) < 4.78 is 10.8.